The van der Waals surface area contributed by atoms with Crippen molar-refractivity contribution in [3.63, 3.8) is 0 Å². The first kappa shape index (κ1) is 20.8. The molecule has 33 heavy (non-hydrogen) atoms. The Morgan fingerprint density at radius 1 is 0.848 bits per heavy atom. The van der Waals surface area contributed by atoms with Gasteiger partial charge in [-0.05, 0) is 59.5 Å². The summed E-state index contributed by atoms with van der Waals surface area (Å²) in [6.07, 6.45) is 0. The molecule has 5 rings (SSSR count). The lowest BCUT2D eigenvalue weighted by molar-refractivity contribution is 0.100. The third-order valence-electron chi connectivity index (χ3n) is 6.09. The molecule has 4 nitrogen and oxygen atoms in total. The molecule has 0 fully saturated rings. The minimum absolute atomic E-state index is 0.407. The number of amides is 1. The number of nitrogens with two attached hydrogens (primary N) is 1. The monoisotopic (exact) mass is 434 g/mol. The maximum atomic E-state index is 12.2. The zero-order chi connectivity index (χ0) is 22.9. The van der Waals surface area contributed by atoms with Gasteiger partial charge in [0.1, 0.15) is 11.5 Å². The van der Waals surface area contributed by atoms with Crippen LogP contribution in [0.4, 0.5) is 0 Å². The largest absolute Gasteiger partial charge is 0.457 e. The average molecular weight is 435 g/mol. The van der Waals surface area contributed by atoms with Crippen molar-refractivity contribution in [2.24, 2.45) is 5.73 Å². The van der Waals surface area contributed by atoms with Crippen LogP contribution < -0.4 is 10.5 Å². The fourth-order valence-electron chi connectivity index (χ4n) is 4.37. The maximum Gasteiger partial charge on any atom is 0.249 e. The Bertz CT molecular complexity index is 1450. The van der Waals surface area contributed by atoms with E-state index in [2.05, 4.69) is 54.8 Å². The number of hydrogen-bond acceptors (Lipinski definition) is 2. The van der Waals surface area contributed by atoms with Crippen molar-refractivity contribution in [3.8, 4) is 11.5 Å². The second-order valence-corrected chi connectivity index (χ2v) is 8.64. The molecule has 0 atom stereocenters. The van der Waals surface area contributed by atoms with E-state index in [1.165, 1.54) is 5.56 Å². The molecule has 5 aromatic rings. The molecule has 0 bridgehead atoms. The van der Waals surface area contributed by atoms with Gasteiger partial charge in [0.2, 0.25) is 5.91 Å². The second-order valence-electron chi connectivity index (χ2n) is 8.64. The maximum absolute atomic E-state index is 12.2. The SMILES string of the molecule is CC(C)c1ccc2c3c(C(N)=O)cccc3n(Cc3ccc(Oc4ccccc4)cc3)c2c1. The van der Waals surface area contributed by atoms with Crippen LogP contribution in [0, 0.1) is 0 Å². The molecule has 0 aliphatic rings. The van der Waals surface area contributed by atoms with Gasteiger partial charge < -0.3 is 15.0 Å². The number of rotatable bonds is 6. The standard InChI is InChI=1S/C29H26N2O2/c1-19(2)21-13-16-24-27(17-21)31(26-10-6-9-25(28(24)26)29(30)32)18-20-11-14-23(15-12-20)33-22-7-4-3-5-8-22/h3-17,19H,18H2,1-2H3,(H2,30,32). The predicted molar refractivity (Wildman–Crippen MR) is 134 cm³/mol. The van der Waals surface area contributed by atoms with E-state index in [-0.39, 0.29) is 0 Å². The lowest BCUT2D eigenvalue weighted by atomic mass is 10.00. The highest BCUT2D eigenvalue weighted by Gasteiger charge is 2.17. The van der Waals surface area contributed by atoms with Gasteiger partial charge in [-0.15, -0.1) is 0 Å². The summed E-state index contributed by atoms with van der Waals surface area (Å²) in [7, 11) is 0. The van der Waals surface area contributed by atoms with E-state index in [1.54, 1.807) is 6.07 Å². The van der Waals surface area contributed by atoms with Crippen LogP contribution in [0.3, 0.4) is 0 Å². The van der Waals surface area contributed by atoms with Crippen molar-refractivity contribution in [2.75, 3.05) is 0 Å². The molecule has 0 radical (unpaired) electrons. The van der Waals surface area contributed by atoms with Gasteiger partial charge in [0.25, 0.3) is 0 Å². The fraction of sp³-hybridized carbons (Fsp3) is 0.138. The van der Waals surface area contributed by atoms with Crippen molar-refractivity contribution >= 4 is 27.7 Å². The predicted octanol–water partition coefficient (Wildman–Crippen LogP) is 6.86. The van der Waals surface area contributed by atoms with E-state index in [0.717, 1.165) is 38.9 Å². The van der Waals surface area contributed by atoms with Crippen molar-refractivity contribution in [3.05, 3.63) is 108 Å². The molecule has 1 amide bonds. The Hall–Kier alpha value is -4.05. The molecule has 0 aliphatic heterocycles. The van der Waals surface area contributed by atoms with Crippen molar-refractivity contribution in [1.29, 1.82) is 0 Å². The summed E-state index contributed by atoms with van der Waals surface area (Å²) < 4.78 is 8.21. The molecule has 164 valence electrons. The Kier molecular flexibility index (Phi) is 5.35. The summed E-state index contributed by atoms with van der Waals surface area (Å²) in [5, 5.41) is 1.96. The smallest absolute Gasteiger partial charge is 0.249 e. The Morgan fingerprint density at radius 3 is 2.27 bits per heavy atom. The number of benzene rings is 4. The lowest BCUT2D eigenvalue weighted by Crippen LogP contribution is -2.11. The Labute approximate surface area is 193 Å². The third kappa shape index (κ3) is 3.96. The van der Waals surface area contributed by atoms with Gasteiger partial charge in [0.05, 0.1) is 5.52 Å². The van der Waals surface area contributed by atoms with Gasteiger partial charge in [0.15, 0.2) is 0 Å². The molecule has 4 heteroatoms. The second kappa shape index (κ2) is 8.47. The first-order valence-electron chi connectivity index (χ1n) is 11.2. The first-order chi connectivity index (χ1) is 16.0. The fourth-order valence-corrected chi connectivity index (χ4v) is 4.37. The summed E-state index contributed by atoms with van der Waals surface area (Å²) >= 11 is 0. The summed E-state index contributed by atoms with van der Waals surface area (Å²) in [5.74, 6) is 1.61. The van der Waals surface area contributed by atoms with Gasteiger partial charge in [-0.3, -0.25) is 4.79 Å². The number of nitrogens with zero attached hydrogens (tertiary/aromatic N) is 1. The average Bonchev–Trinajstić information content (AvgIpc) is 3.14. The lowest BCUT2D eigenvalue weighted by Gasteiger charge is -2.11. The number of fused-ring (bicyclic) bond motifs is 3. The van der Waals surface area contributed by atoms with E-state index in [1.807, 2.05) is 48.5 Å². The van der Waals surface area contributed by atoms with Crippen LogP contribution in [0.5, 0.6) is 11.5 Å². The van der Waals surface area contributed by atoms with Crippen molar-refractivity contribution in [1.82, 2.24) is 4.57 Å². The highest BCUT2D eigenvalue weighted by molar-refractivity contribution is 6.18. The minimum atomic E-state index is -0.407. The molecule has 0 spiro atoms. The van der Waals surface area contributed by atoms with Crippen LogP contribution in [0.25, 0.3) is 21.8 Å². The van der Waals surface area contributed by atoms with Crippen molar-refractivity contribution < 1.29 is 9.53 Å². The normalized spacial score (nSPS) is 11.4. The van der Waals surface area contributed by atoms with Gasteiger partial charge in [0, 0.05) is 28.4 Å². The number of carbonyl (C=O) groups is 1. The van der Waals surface area contributed by atoms with E-state index in [9.17, 15) is 4.79 Å². The number of carbonyl (C=O) groups excluding carboxylic acids is 1. The topological polar surface area (TPSA) is 57.2 Å². The first-order valence-corrected chi connectivity index (χ1v) is 11.2. The molecular formula is C29H26N2O2. The number of primary amides is 1. The minimum Gasteiger partial charge on any atom is -0.457 e. The van der Waals surface area contributed by atoms with E-state index < -0.39 is 5.91 Å². The molecule has 1 heterocycles. The van der Waals surface area contributed by atoms with Gasteiger partial charge >= 0.3 is 0 Å². The van der Waals surface area contributed by atoms with Crippen LogP contribution in [0.2, 0.25) is 0 Å². The zero-order valence-corrected chi connectivity index (χ0v) is 18.8. The number of hydrogen-bond donors (Lipinski definition) is 1. The van der Waals surface area contributed by atoms with Gasteiger partial charge in [-0.2, -0.15) is 0 Å². The van der Waals surface area contributed by atoms with E-state index in [4.69, 9.17) is 10.5 Å². The third-order valence-corrected chi connectivity index (χ3v) is 6.09. The summed E-state index contributed by atoms with van der Waals surface area (Å²) in [4.78, 5) is 12.2. The summed E-state index contributed by atoms with van der Waals surface area (Å²) in [5.41, 5.74) is 10.8. The number of para-hydroxylation sites is 1. The van der Waals surface area contributed by atoms with Gasteiger partial charge in [-0.1, -0.05) is 62.4 Å². The quantitative estimate of drug-likeness (QED) is 0.317. The molecule has 0 saturated carbocycles. The van der Waals surface area contributed by atoms with Gasteiger partial charge in [-0.25, -0.2) is 0 Å². The van der Waals surface area contributed by atoms with E-state index >= 15 is 0 Å². The summed E-state index contributed by atoms with van der Waals surface area (Å²) in [6.45, 7) is 5.05. The zero-order valence-electron chi connectivity index (χ0n) is 18.8. The molecule has 0 saturated heterocycles. The molecule has 1 aromatic heterocycles. The summed E-state index contributed by atoms with van der Waals surface area (Å²) in [6, 6.07) is 30.2. The number of ether oxygens (including phenoxy) is 1. The highest BCUT2D eigenvalue weighted by Crippen LogP contribution is 2.34. The van der Waals surface area contributed by atoms with E-state index in [0.29, 0.717) is 18.0 Å². The molecule has 4 aromatic carbocycles. The Morgan fingerprint density at radius 2 is 1.58 bits per heavy atom. The molecule has 0 unspecified atom stereocenters. The highest BCUT2D eigenvalue weighted by atomic mass is 16.5. The molecule has 2 N–H and O–H groups in total. The van der Waals surface area contributed by atoms with Crippen LogP contribution in [-0.4, -0.2) is 10.5 Å². The van der Waals surface area contributed by atoms with Crippen LogP contribution in [0.15, 0.2) is 91.0 Å². The van der Waals surface area contributed by atoms with Crippen LogP contribution >= 0.6 is 0 Å². The molecular weight excluding hydrogens is 408 g/mol. The number of aromatic nitrogens is 1. The van der Waals surface area contributed by atoms with Crippen molar-refractivity contribution in [2.45, 2.75) is 26.3 Å². The molecule has 0 aliphatic carbocycles. The van der Waals surface area contributed by atoms with Crippen LogP contribution in [0.1, 0.15) is 41.3 Å². The van der Waals surface area contributed by atoms with Crippen LogP contribution in [-0.2, 0) is 6.54 Å². The Balaban J connectivity index is 1.58.